The minimum absolute atomic E-state index is 0.0124. The van der Waals surface area contributed by atoms with E-state index in [-0.39, 0.29) is 11.3 Å². The summed E-state index contributed by atoms with van der Waals surface area (Å²) in [7, 11) is 0. The Labute approximate surface area is 126 Å². The van der Waals surface area contributed by atoms with Crippen molar-refractivity contribution in [1.82, 2.24) is 20.1 Å². The zero-order valence-corrected chi connectivity index (χ0v) is 13.4. The minimum atomic E-state index is -0.110. The van der Waals surface area contributed by atoms with E-state index >= 15 is 0 Å². The molecule has 0 bridgehead atoms. The number of carbonyl (C=O) groups excluding carboxylic acids is 1. The monoisotopic (exact) mass is 290 g/mol. The van der Waals surface area contributed by atoms with Gasteiger partial charge in [0, 0.05) is 18.0 Å². The number of nitrogens with zero attached hydrogens (tertiary/aromatic N) is 3. The highest BCUT2D eigenvalue weighted by molar-refractivity contribution is 5.90. The molecule has 1 saturated carbocycles. The molecular formula is C16H26N4O. The van der Waals surface area contributed by atoms with Crippen molar-refractivity contribution in [2.75, 3.05) is 6.54 Å². The molecule has 2 aliphatic rings. The SMILES string of the molecule is CC(C)(C)c1nc(C(=O)N2CCC[C@H]3CCCC[C@H]32)n[nH]1. The van der Waals surface area contributed by atoms with Crippen LogP contribution in [-0.4, -0.2) is 38.6 Å². The molecule has 1 N–H and O–H groups in total. The minimum Gasteiger partial charge on any atom is -0.333 e. The second-order valence-electron chi connectivity index (χ2n) is 7.51. The van der Waals surface area contributed by atoms with Crippen LogP contribution in [0.3, 0.4) is 0 Å². The van der Waals surface area contributed by atoms with Gasteiger partial charge in [-0.1, -0.05) is 33.6 Å². The average Bonchev–Trinajstić information content (AvgIpc) is 2.96. The molecule has 116 valence electrons. The van der Waals surface area contributed by atoms with Crippen LogP contribution in [0.4, 0.5) is 0 Å². The molecule has 3 rings (SSSR count). The van der Waals surface area contributed by atoms with Gasteiger partial charge in [-0.05, 0) is 31.6 Å². The van der Waals surface area contributed by atoms with Crippen molar-refractivity contribution >= 4 is 5.91 Å². The van der Waals surface area contributed by atoms with Crippen LogP contribution in [0.5, 0.6) is 0 Å². The number of fused-ring (bicyclic) bond motifs is 1. The van der Waals surface area contributed by atoms with Crippen LogP contribution in [0.15, 0.2) is 0 Å². The third kappa shape index (κ3) is 2.83. The average molecular weight is 290 g/mol. The van der Waals surface area contributed by atoms with Gasteiger partial charge in [-0.25, -0.2) is 4.98 Å². The van der Waals surface area contributed by atoms with Crippen molar-refractivity contribution < 1.29 is 4.79 Å². The number of H-pyrrole nitrogens is 1. The fourth-order valence-electron chi connectivity index (χ4n) is 3.70. The number of nitrogens with one attached hydrogen (secondary N) is 1. The Morgan fingerprint density at radius 3 is 2.62 bits per heavy atom. The van der Waals surface area contributed by atoms with E-state index in [1.807, 2.05) is 4.90 Å². The van der Waals surface area contributed by atoms with E-state index in [1.54, 1.807) is 0 Å². The van der Waals surface area contributed by atoms with Crippen molar-refractivity contribution in [2.24, 2.45) is 5.92 Å². The molecule has 2 fully saturated rings. The Morgan fingerprint density at radius 2 is 1.90 bits per heavy atom. The first-order valence-corrected chi connectivity index (χ1v) is 8.20. The van der Waals surface area contributed by atoms with Crippen molar-refractivity contribution in [3.05, 3.63) is 11.6 Å². The number of aromatic amines is 1. The van der Waals surface area contributed by atoms with Crippen molar-refractivity contribution in [3.63, 3.8) is 0 Å². The molecular weight excluding hydrogens is 264 g/mol. The zero-order valence-electron chi connectivity index (χ0n) is 13.4. The maximum absolute atomic E-state index is 12.8. The molecule has 1 aliphatic carbocycles. The van der Waals surface area contributed by atoms with Crippen molar-refractivity contribution in [2.45, 2.75) is 70.8 Å². The van der Waals surface area contributed by atoms with Crippen LogP contribution in [0.2, 0.25) is 0 Å². The molecule has 5 nitrogen and oxygen atoms in total. The summed E-state index contributed by atoms with van der Waals surface area (Å²) in [6, 6.07) is 0.414. The van der Waals surface area contributed by atoms with Gasteiger partial charge in [0.1, 0.15) is 5.82 Å². The van der Waals surface area contributed by atoms with E-state index in [2.05, 4.69) is 36.0 Å². The third-order valence-corrected chi connectivity index (χ3v) is 4.89. The lowest BCUT2D eigenvalue weighted by Crippen LogP contribution is -2.49. The first-order valence-electron chi connectivity index (χ1n) is 8.20. The largest absolute Gasteiger partial charge is 0.333 e. The summed E-state index contributed by atoms with van der Waals surface area (Å²) in [5.41, 5.74) is -0.110. The van der Waals surface area contributed by atoms with E-state index in [1.165, 1.54) is 25.7 Å². The molecule has 0 aromatic carbocycles. The molecule has 21 heavy (non-hydrogen) atoms. The molecule has 1 amide bonds. The number of carbonyl (C=O) groups is 1. The number of aromatic nitrogens is 3. The third-order valence-electron chi connectivity index (χ3n) is 4.89. The van der Waals surface area contributed by atoms with E-state index in [9.17, 15) is 4.79 Å². The Balaban J connectivity index is 1.79. The summed E-state index contributed by atoms with van der Waals surface area (Å²) in [6.45, 7) is 7.07. The molecule has 2 atom stereocenters. The van der Waals surface area contributed by atoms with Gasteiger partial charge in [-0.2, -0.15) is 0 Å². The van der Waals surface area contributed by atoms with Gasteiger partial charge in [-0.15, -0.1) is 5.10 Å². The topological polar surface area (TPSA) is 61.9 Å². The van der Waals surface area contributed by atoms with Crippen molar-refractivity contribution in [1.29, 1.82) is 0 Å². The van der Waals surface area contributed by atoms with Gasteiger partial charge in [0.05, 0.1) is 0 Å². The molecule has 0 radical (unpaired) electrons. The zero-order chi connectivity index (χ0) is 15.0. The van der Waals surface area contributed by atoms with Gasteiger partial charge < -0.3 is 4.90 Å². The van der Waals surface area contributed by atoms with Gasteiger partial charge in [0.25, 0.3) is 5.91 Å². The molecule has 0 spiro atoms. The lowest BCUT2D eigenvalue weighted by atomic mass is 9.78. The van der Waals surface area contributed by atoms with Gasteiger partial charge in [0.2, 0.25) is 5.82 Å². The highest BCUT2D eigenvalue weighted by atomic mass is 16.2. The first-order chi connectivity index (χ1) is 9.97. The predicted octanol–water partition coefficient (Wildman–Crippen LogP) is 2.90. The molecule has 5 heteroatoms. The van der Waals surface area contributed by atoms with Gasteiger partial charge in [-0.3, -0.25) is 9.89 Å². The highest BCUT2D eigenvalue weighted by Crippen LogP contribution is 2.35. The fraction of sp³-hybridized carbons (Fsp3) is 0.812. The molecule has 1 aliphatic heterocycles. The van der Waals surface area contributed by atoms with Gasteiger partial charge in [0.15, 0.2) is 0 Å². The van der Waals surface area contributed by atoms with Crippen LogP contribution in [0, 0.1) is 5.92 Å². The van der Waals surface area contributed by atoms with Crippen LogP contribution in [0.25, 0.3) is 0 Å². The summed E-state index contributed by atoms with van der Waals surface area (Å²) >= 11 is 0. The summed E-state index contributed by atoms with van der Waals surface area (Å²) in [5.74, 6) is 1.82. The summed E-state index contributed by atoms with van der Waals surface area (Å²) in [5, 5.41) is 7.10. The second kappa shape index (κ2) is 5.43. The van der Waals surface area contributed by atoms with E-state index in [0.717, 1.165) is 25.2 Å². The Bertz CT molecular complexity index is 515. The number of likely N-dealkylation sites (tertiary alicyclic amines) is 1. The number of hydrogen-bond donors (Lipinski definition) is 1. The van der Waals surface area contributed by atoms with E-state index < -0.39 is 0 Å². The standard InChI is InChI=1S/C16H26N4O/c1-16(2,3)15-17-13(18-19-15)14(21)20-10-6-8-11-7-4-5-9-12(11)20/h11-12H,4-10H2,1-3H3,(H,17,18,19)/t11-,12-/m1/s1. The number of piperidine rings is 1. The molecule has 0 unspecified atom stereocenters. The predicted molar refractivity (Wildman–Crippen MR) is 81.1 cm³/mol. The Morgan fingerprint density at radius 1 is 1.19 bits per heavy atom. The summed E-state index contributed by atoms with van der Waals surface area (Å²) in [4.78, 5) is 19.3. The quantitative estimate of drug-likeness (QED) is 0.865. The number of rotatable bonds is 1. The lowest BCUT2D eigenvalue weighted by molar-refractivity contribution is 0.0379. The fourth-order valence-corrected chi connectivity index (χ4v) is 3.70. The van der Waals surface area contributed by atoms with Crippen molar-refractivity contribution in [3.8, 4) is 0 Å². The smallest absolute Gasteiger partial charge is 0.293 e. The molecule has 1 saturated heterocycles. The normalized spacial score (nSPS) is 26.5. The van der Waals surface area contributed by atoms with Crippen LogP contribution in [0.1, 0.15) is 75.7 Å². The maximum Gasteiger partial charge on any atom is 0.293 e. The Kier molecular flexibility index (Phi) is 3.76. The highest BCUT2D eigenvalue weighted by Gasteiger charge is 2.37. The molecule has 1 aromatic rings. The molecule has 2 heterocycles. The summed E-state index contributed by atoms with van der Waals surface area (Å²) < 4.78 is 0. The van der Waals surface area contributed by atoms with Gasteiger partial charge >= 0.3 is 0 Å². The Hall–Kier alpha value is -1.39. The number of amides is 1. The maximum atomic E-state index is 12.8. The van der Waals surface area contributed by atoms with E-state index in [4.69, 9.17) is 0 Å². The van der Waals surface area contributed by atoms with Crippen LogP contribution >= 0.6 is 0 Å². The first kappa shape index (κ1) is 14.5. The summed E-state index contributed by atoms with van der Waals surface area (Å²) in [6.07, 6.45) is 7.37. The molecule has 1 aromatic heterocycles. The van der Waals surface area contributed by atoms with E-state index in [0.29, 0.717) is 17.8 Å². The second-order valence-corrected chi connectivity index (χ2v) is 7.51. The van der Waals surface area contributed by atoms with Crippen LogP contribution < -0.4 is 0 Å². The van der Waals surface area contributed by atoms with Crippen LogP contribution in [-0.2, 0) is 5.41 Å². The number of hydrogen-bond acceptors (Lipinski definition) is 3. The lowest BCUT2D eigenvalue weighted by Gasteiger charge is -2.43.